The average Bonchev–Trinajstić information content (AvgIpc) is 3.32. The van der Waals surface area contributed by atoms with Crippen molar-refractivity contribution >= 4 is 22.7 Å². The number of aromatic nitrogens is 2. The number of nitrogens with zero attached hydrogens (tertiary/aromatic N) is 5. The van der Waals surface area contributed by atoms with Crippen LogP contribution in [0.15, 0.2) is 33.3 Å². The molecule has 5 rings (SSSR count). The van der Waals surface area contributed by atoms with Crippen molar-refractivity contribution in [3.8, 4) is 0 Å². The summed E-state index contributed by atoms with van der Waals surface area (Å²) in [4.78, 5) is 19.3. The summed E-state index contributed by atoms with van der Waals surface area (Å²) in [7, 11) is 0. The first-order valence-electron chi connectivity index (χ1n) is 9.77. The van der Waals surface area contributed by atoms with Crippen LogP contribution >= 0.6 is 0 Å². The molecule has 2 aliphatic rings. The Morgan fingerprint density at radius 1 is 1.00 bits per heavy atom. The van der Waals surface area contributed by atoms with E-state index in [9.17, 15) is 4.79 Å². The van der Waals surface area contributed by atoms with E-state index in [-0.39, 0.29) is 5.91 Å². The van der Waals surface area contributed by atoms with Gasteiger partial charge in [0.15, 0.2) is 17.2 Å². The van der Waals surface area contributed by atoms with Crippen molar-refractivity contribution in [3.63, 3.8) is 0 Å². The lowest BCUT2D eigenvalue weighted by Gasteiger charge is -2.36. The molecule has 0 saturated carbocycles. The molecule has 1 saturated heterocycles. The third-order valence-electron chi connectivity index (χ3n) is 5.76. The molecule has 8 nitrogen and oxygen atoms in total. The first-order chi connectivity index (χ1) is 13.7. The van der Waals surface area contributed by atoms with Crippen molar-refractivity contribution in [1.29, 1.82) is 0 Å². The lowest BCUT2D eigenvalue weighted by atomic mass is 10.1. The Kier molecular flexibility index (Phi) is 4.27. The largest absolute Gasteiger partial charge is 0.360 e. The number of rotatable bonds is 4. The van der Waals surface area contributed by atoms with Gasteiger partial charge in [-0.3, -0.25) is 9.69 Å². The average molecular weight is 381 g/mol. The zero-order valence-electron chi connectivity index (χ0n) is 15.9. The van der Waals surface area contributed by atoms with Crippen LogP contribution < -0.4 is 4.90 Å². The van der Waals surface area contributed by atoms with Gasteiger partial charge in [-0.15, -0.1) is 0 Å². The molecular weight excluding hydrogens is 358 g/mol. The standard InChI is InChI=1S/C20H23N5O3/c1-14-18-17(28-21-14)6-7-25(20(18)26)13-10-23-8-11-24(12-9-23)19-15-4-2-3-5-16(15)27-22-19/h2-5H,6-13H2,1H3. The molecule has 0 spiro atoms. The Morgan fingerprint density at radius 3 is 2.68 bits per heavy atom. The van der Waals surface area contributed by atoms with Gasteiger partial charge in [-0.25, -0.2) is 0 Å². The summed E-state index contributed by atoms with van der Waals surface area (Å²) in [5, 5.41) is 9.26. The topological polar surface area (TPSA) is 78.9 Å². The third kappa shape index (κ3) is 2.93. The van der Waals surface area contributed by atoms with Crippen molar-refractivity contribution in [3.05, 3.63) is 41.3 Å². The Hall–Kier alpha value is -2.87. The molecule has 0 N–H and O–H groups in total. The molecule has 1 amide bonds. The minimum atomic E-state index is 0.0488. The number of fused-ring (bicyclic) bond motifs is 2. The number of aryl methyl sites for hydroxylation is 1. The number of para-hydroxylation sites is 1. The smallest absolute Gasteiger partial charge is 0.259 e. The number of piperazine rings is 1. The van der Waals surface area contributed by atoms with Crippen molar-refractivity contribution in [1.82, 2.24) is 20.1 Å². The van der Waals surface area contributed by atoms with Crippen molar-refractivity contribution in [2.45, 2.75) is 13.3 Å². The van der Waals surface area contributed by atoms with E-state index in [0.29, 0.717) is 17.8 Å². The number of carbonyl (C=O) groups is 1. The van der Waals surface area contributed by atoms with E-state index in [0.717, 1.165) is 68.2 Å². The first kappa shape index (κ1) is 17.2. The number of carbonyl (C=O) groups excluding carboxylic acids is 1. The predicted octanol–water partition coefficient (Wildman–Crippen LogP) is 1.94. The molecule has 8 heteroatoms. The van der Waals surface area contributed by atoms with Gasteiger partial charge < -0.3 is 18.8 Å². The summed E-state index contributed by atoms with van der Waals surface area (Å²) in [5.41, 5.74) is 2.18. The Morgan fingerprint density at radius 2 is 1.82 bits per heavy atom. The molecule has 0 unspecified atom stereocenters. The van der Waals surface area contributed by atoms with Gasteiger partial charge in [0.2, 0.25) is 0 Å². The van der Waals surface area contributed by atoms with Crippen molar-refractivity contribution in [2.75, 3.05) is 50.7 Å². The van der Waals surface area contributed by atoms with E-state index in [1.165, 1.54) is 0 Å². The van der Waals surface area contributed by atoms with Gasteiger partial charge in [0.1, 0.15) is 5.56 Å². The summed E-state index contributed by atoms with van der Waals surface area (Å²) >= 11 is 0. The molecule has 0 radical (unpaired) electrons. The molecule has 1 fully saturated rings. The second-order valence-corrected chi connectivity index (χ2v) is 7.44. The summed E-state index contributed by atoms with van der Waals surface area (Å²) in [6, 6.07) is 7.97. The molecule has 146 valence electrons. The van der Waals surface area contributed by atoms with Crippen molar-refractivity contribution in [2.24, 2.45) is 0 Å². The second-order valence-electron chi connectivity index (χ2n) is 7.44. The van der Waals surface area contributed by atoms with Gasteiger partial charge in [-0.2, -0.15) is 0 Å². The van der Waals surface area contributed by atoms with Gasteiger partial charge in [-0.05, 0) is 19.1 Å². The van der Waals surface area contributed by atoms with Gasteiger partial charge in [-0.1, -0.05) is 22.4 Å². The number of hydrogen-bond donors (Lipinski definition) is 0. The molecule has 2 aromatic heterocycles. The normalized spacial score (nSPS) is 18.1. The molecule has 3 aromatic rings. The van der Waals surface area contributed by atoms with E-state index < -0.39 is 0 Å². The van der Waals surface area contributed by atoms with E-state index in [4.69, 9.17) is 9.05 Å². The first-order valence-corrected chi connectivity index (χ1v) is 9.77. The summed E-state index contributed by atoms with van der Waals surface area (Å²) in [6.45, 7) is 7.83. The molecule has 1 aromatic carbocycles. The lowest BCUT2D eigenvalue weighted by molar-refractivity contribution is 0.0708. The van der Waals surface area contributed by atoms with Crippen LogP contribution in [-0.2, 0) is 6.42 Å². The maximum atomic E-state index is 12.7. The van der Waals surface area contributed by atoms with Crippen LogP contribution in [0, 0.1) is 6.92 Å². The monoisotopic (exact) mass is 381 g/mol. The third-order valence-corrected chi connectivity index (χ3v) is 5.76. The van der Waals surface area contributed by atoms with Crippen LogP contribution in [0.5, 0.6) is 0 Å². The Bertz CT molecular complexity index is 1000. The maximum Gasteiger partial charge on any atom is 0.259 e. The van der Waals surface area contributed by atoms with Crippen LogP contribution in [-0.4, -0.2) is 71.8 Å². The minimum absolute atomic E-state index is 0.0488. The summed E-state index contributed by atoms with van der Waals surface area (Å²) < 4.78 is 10.7. The van der Waals surface area contributed by atoms with Crippen LogP contribution in [0.1, 0.15) is 21.8 Å². The van der Waals surface area contributed by atoms with Crippen LogP contribution in [0.25, 0.3) is 11.0 Å². The molecule has 0 atom stereocenters. The van der Waals surface area contributed by atoms with Crippen LogP contribution in [0.4, 0.5) is 5.82 Å². The van der Waals surface area contributed by atoms with Gasteiger partial charge in [0.05, 0.1) is 11.1 Å². The molecule has 2 aliphatic heterocycles. The zero-order valence-corrected chi connectivity index (χ0v) is 15.9. The highest BCUT2D eigenvalue weighted by Gasteiger charge is 2.30. The Balaban J connectivity index is 1.17. The van der Waals surface area contributed by atoms with Gasteiger partial charge in [0.25, 0.3) is 5.91 Å². The van der Waals surface area contributed by atoms with E-state index in [1.807, 2.05) is 30.0 Å². The highest BCUT2D eigenvalue weighted by molar-refractivity contribution is 5.97. The van der Waals surface area contributed by atoms with Crippen LogP contribution in [0.3, 0.4) is 0 Å². The summed E-state index contributed by atoms with van der Waals surface area (Å²) in [5.74, 6) is 1.71. The predicted molar refractivity (Wildman–Crippen MR) is 104 cm³/mol. The molecule has 4 heterocycles. The minimum Gasteiger partial charge on any atom is -0.360 e. The zero-order chi connectivity index (χ0) is 19.1. The Labute approximate surface area is 162 Å². The SMILES string of the molecule is Cc1noc2c1C(=O)N(CCN1CCN(c3noc4ccccc34)CC1)CC2. The highest BCUT2D eigenvalue weighted by Crippen LogP contribution is 2.26. The van der Waals surface area contributed by atoms with Crippen LogP contribution in [0.2, 0.25) is 0 Å². The second kappa shape index (κ2) is 6.94. The number of hydrogen-bond acceptors (Lipinski definition) is 7. The van der Waals surface area contributed by atoms with Crippen molar-refractivity contribution < 1.29 is 13.8 Å². The quantitative estimate of drug-likeness (QED) is 0.683. The van der Waals surface area contributed by atoms with E-state index >= 15 is 0 Å². The fourth-order valence-corrected chi connectivity index (χ4v) is 4.12. The fraction of sp³-hybridized carbons (Fsp3) is 0.450. The summed E-state index contributed by atoms with van der Waals surface area (Å²) in [6.07, 6.45) is 0.745. The number of anilines is 1. The van der Waals surface area contributed by atoms with Gasteiger partial charge in [0, 0.05) is 52.2 Å². The fourth-order valence-electron chi connectivity index (χ4n) is 4.12. The maximum absolute atomic E-state index is 12.7. The van der Waals surface area contributed by atoms with E-state index in [2.05, 4.69) is 26.2 Å². The lowest BCUT2D eigenvalue weighted by Crippen LogP contribution is -2.49. The molecular formula is C20H23N5O3. The van der Waals surface area contributed by atoms with E-state index in [1.54, 1.807) is 0 Å². The molecule has 28 heavy (non-hydrogen) atoms. The number of amides is 1. The van der Waals surface area contributed by atoms with Gasteiger partial charge >= 0.3 is 0 Å². The molecule has 0 aliphatic carbocycles. The number of benzene rings is 1. The molecule has 0 bridgehead atoms. The highest BCUT2D eigenvalue weighted by atomic mass is 16.5.